The lowest BCUT2D eigenvalue weighted by Crippen LogP contribution is -2.45. The average Bonchev–Trinajstić information content (AvgIpc) is 2.63. The average molecular weight is 284 g/mol. The summed E-state index contributed by atoms with van der Waals surface area (Å²) < 4.78 is 4.93. The van der Waals surface area contributed by atoms with Crippen LogP contribution < -0.4 is 5.32 Å². The largest absolute Gasteiger partial charge is 0.468 e. The van der Waals surface area contributed by atoms with Crippen LogP contribution in [0.15, 0.2) is 0 Å². The number of carbonyl (C=O) groups excluding carboxylic acids is 1. The predicted molar refractivity (Wildman–Crippen MR) is 82.8 cm³/mol. The van der Waals surface area contributed by atoms with Crippen molar-refractivity contribution in [1.82, 2.24) is 10.2 Å². The number of nitrogens with zero attached hydrogens (tertiary/aromatic N) is 1. The molecule has 0 bridgehead atoms. The second-order valence-corrected chi connectivity index (χ2v) is 6.34. The molecule has 4 heteroatoms. The molecule has 20 heavy (non-hydrogen) atoms. The number of likely N-dealkylation sites (tertiary alicyclic amines) is 1. The highest BCUT2D eigenvalue weighted by Crippen LogP contribution is 2.14. The second kappa shape index (κ2) is 9.35. The van der Waals surface area contributed by atoms with E-state index in [2.05, 4.69) is 31.0 Å². The van der Waals surface area contributed by atoms with E-state index in [1.54, 1.807) is 0 Å². The van der Waals surface area contributed by atoms with Crippen molar-refractivity contribution in [3.8, 4) is 0 Å². The van der Waals surface area contributed by atoms with Crippen molar-refractivity contribution >= 4 is 5.97 Å². The molecule has 118 valence electrons. The molecule has 0 aromatic heterocycles. The van der Waals surface area contributed by atoms with Crippen molar-refractivity contribution in [3.05, 3.63) is 0 Å². The monoisotopic (exact) mass is 284 g/mol. The van der Waals surface area contributed by atoms with Gasteiger partial charge in [-0.1, -0.05) is 20.8 Å². The first-order valence-corrected chi connectivity index (χ1v) is 8.13. The van der Waals surface area contributed by atoms with Gasteiger partial charge in [0, 0.05) is 6.04 Å². The molecule has 0 saturated carbocycles. The van der Waals surface area contributed by atoms with E-state index >= 15 is 0 Å². The van der Waals surface area contributed by atoms with Crippen LogP contribution in [0.4, 0.5) is 0 Å². The quantitative estimate of drug-likeness (QED) is 0.729. The molecule has 1 aliphatic heterocycles. The molecule has 1 heterocycles. The Labute approximate surface area is 124 Å². The van der Waals surface area contributed by atoms with Crippen LogP contribution in [0.3, 0.4) is 0 Å². The Morgan fingerprint density at radius 2 is 2.10 bits per heavy atom. The fourth-order valence-corrected chi connectivity index (χ4v) is 2.99. The van der Waals surface area contributed by atoms with E-state index in [1.807, 2.05) is 0 Å². The lowest BCUT2D eigenvalue weighted by Gasteiger charge is -2.24. The summed E-state index contributed by atoms with van der Waals surface area (Å²) in [5, 5.41) is 3.54. The van der Waals surface area contributed by atoms with Gasteiger partial charge in [-0.05, 0) is 57.7 Å². The summed E-state index contributed by atoms with van der Waals surface area (Å²) in [4.78, 5) is 14.4. The van der Waals surface area contributed by atoms with Crippen LogP contribution >= 0.6 is 0 Å². The maximum Gasteiger partial charge on any atom is 0.322 e. The summed E-state index contributed by atoms with van der Waals surface area (Å²) in [5.41, 5.74) is 0. The van der Waals surface area contributed by atoms with Crippen molar-refractivity contribution in [3.63, 3.8) is 0 Å². The normalized spacial score (nSPS) is 22.6. The van der Waals surface area contributed by atoms with Gasteiger partial charge in [0.2, 0.25) is 0 Å². The van der Waals surface area contributed by atoms with Gasteiger partial charge >= 0.3 is 5.97 Å². The van der Waals surface area contributed by atoms with E-state index in [4.69, 9.17) is 4.74 Å². The van der Waals surface area contributed by atoms with Crippen molar-refractivity contribution in [2.24, 2.45) is 5.92 Å². The summed E-state index contributed by atoms with van der Waals surface area (Å²) in [7, 11) is 1.48. The SMILES string of the molecule is CCCN1CCCC(NC(CC(C)C)C(=O)OC)CC1. The number of carbonyl (C=O) groups is 1. The highest BCUT2D eigenvalue weighted by molar-refractivity contribution is 5.75. The summed E-state index contributed by atoms with van der Waals surface area (Å²) in [6, 6.07) is 0.294. The lowest BCUT2D eigenvalue weighted by molar-refractivity contribution is -0.143. The predicted octanol–water partition coefficient (Wildman–Crippen LogP) is 2.43. The van der Waals surface area contributed by atoms with Gasteiger partial charge in [-0.25, -0.2) is 0 Å². The molecule has 0 spiro atoms. The first-order chi connectivity index (χ1) is 9.56. The minimum atomic E-state index is -0.150. The lowest BCUT2D eigenvalue weighted by atomic mass is 10.0. The molecule has 0 amide bonds. The smallest absolute Gasteiger partial charge is 0.322 e. The number of nitrogens with one attached hydrogen (secondary N) is 1. The van der Waals surface area contributed by atoms with Gasteiger partial charge in [0.05, 0.1) is 7.11 Å². The van der Waals surface area contributed by atoms with E-state index in [9.17, 15) is 4.79 Å². The Morgan fingerprint density at radius 3 is 2.70 bits per heavy atom. The third-order valence-corrected chi connectivity index (χ3v) is 3.99. The van der Waals surface area contributed by atoms with E-state index in [0.29, 0.717) is 12.0 Å². The van der Waals surface area contributed by atoms with Gasteiger partial charge < -0.3 is 15.0 Å². The molecule has 1 fully saturated rings. The number of ether oxygens (including phenoxy) is 1. The van der Waals surface area contributed by atoms with Crippen LogP contribution in [-0.4, -0.2) is 49.7 Å². The fraction of sp³-hybridized carbons (Fsp3) is 0.938. The maximum atomic E-state index is 11.9. The summed E-state index contributed by atoms with van der Waals surface area (Å²) >= 11 is 0. The molecule has 2 unspecified atom stereocenters. The summed E-state index contributed by atoms with van der Waals surface area (Å²) in [5.74, 6) is 0.377. The van der Waals surface area contributed by atoms with Crippen molar-refractivity contribution in [1.29, 1.82) is 0 Å². The van der Waals surface area contributed by atoms with E-state index < -0.39 is 0 Å². The highest BCUT2D eigenvalue weighted by atomic mass is 16.5. The molecule has 1 saturated heterocycles. The standard InChI is InChI=1S/C16H32N2O2/c1-5-9-18-10-6-7-14(8-11-18)17-15(12-13(2)3)16(19)20-4/h13-15,17H,5-12H2,1-4H3. The summed E-state index contributed by atoms with van der Waals surface area (Å²) in [6.07, 6.45) is 5.57. The Morgan fingerprint density at radius 1 is 1.35 bits per heavy atom. The zero-order valence-electron chi connectivity index (χ0n) is 13.7. The maximum absolute atomic E-state index is 11.9. The molecular formula is C16H32N2O2. The van der Waals surface area contributed by atoms with Gasteiger partial charge in [-0.3, -0.25) is 4.79 Å². The van der Waals surface area contributed by atoms with Crippen LogP contribution in [-0.2, 0) is 9.53 Å². The minimum Gasteiger partial charge on any atom is -0.468 e. The fourth-order valence-electron chi connectivity index (χ4n) is 2.99. The van der Waals surface area contributed by atoms with Crippen molar-refractivity contribution < 1.29 is 9.53 Å². The molecular weight excluding hydrogens is 252 g/mol. The molecule has 1 N–H and O–H groups in total. The molecule has 4 nitrogen and oxygen atoms in total. The Bertz CT molecular complexity index is 282. The zero-order valence-corrected chi connectivity index (χ0v) is 13.7. The zero-order chi connectivity index (χ0) is 15.0. The highest BCUT2D eigenvalue weighted by Gasteiger charge is 2.25. The molecule has 0 aliphatic carbocycles. The van der Waals surface area contributed by atoms with E-state index in [0.717, 1.165) is 25.8 Å². The van der Waals surface area contributed by atoms with Crippen LogP contribution in [0.25, 0.3) is 0 Å². The van der Waals surface area contributed by atoms with Crippen LogP contribution in [0.2, 0.25) is 0 Å². The third-order valence-electron chi connectivity index (χ3n) is 3.99. The van der Waals surface area contributed by atoms with Gasteiger partial charge in [0.25, 0.3) is 0 Å². The Kier molecular flexibility index (Phi) is 8.15. The van der Waals surface area contributed by atoms with Gasteiger partial charge in [0.15, 0.2) is 0 Å². The van der Waals surface area contributed by atoms with Gasteiger partial charge in [-0.2, -0.15) is 0 Å². The molecule has 1 rings (SSSR count). The Hall–Kier alpha value is -0.610. The van der Waals surface area contributed by atoms with Gasteiger partial charge in [0.1, 0.15) is 6.04 Å². The van der Waals surface area contributed by atoms with Crippen molar-refractivity contribution in [2.45, 2.75) is 65.0 Å². The third kappa shape index (κ3) is 6.23. The molecule has 2 atom stereocenters. The van der Waals surface area contributed by atoms with E-state index in [-0.39, 0.29) is 12.0 Å². The van der Waals surface area contributed by atoms with Crippen LogP contribution in [0.5, 0.6) is 0 Å². The van der Waals surface area contributed by atoms with Crippen molar-refractivity contribution in [2.75, 3.05) is 26.7 Å². The topological polar surface area (TPSA) is 41.6 Å². The number of rotatable bonds is 7. The first kappa shape index (κ1) is 17.4. The van der Waals surface area contributed by atoms with Gasteiger partial charge in [-0.15, -0.1) is 0 Å². The number of methoxy groups -OCH3 is 1. The number of hydrogen-bond acceptors (Lipinski definition) is 4. The summed E-state index contributed by atoms with van der Waals surface area (Å²) in [6.45, 7) is 10.1. The second-order valence-electron chi connectivity index (χ2n) is 6.34. The van der Waals surface area contributed by atoms with E-state index in [1.165, 1.54) is 33.0 Å². The molecule has 0 radical (unpaired) electrons. The number of hydrogen-bond donors (Lipinski definition) is 1. The molecule has 0 aromatic carbocycles. The van der Waals surface area contributed by atoms with Crippen LogP contribution in [0.1, 0.15) is 52.9 Å². The molecule has 1 aliphatic rings. The minimum absolute atomic E-state index is 0.117. The van der Waals surface area contributed by atoms with Crippen LogP contribution in [0, 0.1) is 5.92 Å². The number of esters is 1. The first-order valence-electron chi connectivity index (χ1n) is 8.13. The Balaban J connectivity index is 2.49. The molecule has 0 aromatic rings.